The molecule has 0 aliphatic rings. The van der Waals surface area contributed by atoms with E-state index in [0.29, 0.717) is 6.61 Å². The monoisotopic (exact) mass is 256 g/mol. The summed E-state index contributed by atoms with van der Waals surface area (Å²) in [6.45, 7) is 6.46. The van der Waals surface area contributed by atoms with Gasteiger partial charge in [0.2, 0.25) is 0 Å². The van der Waals surface area contributed by atoms with Gasteiger partial charge in [-0.15, -0.1) is 0 Å². The summed E-state index contributed by atoms with van der Waals surface area (Å²) in [5.41, 5.74) is 10.1. The predicted molar refractivity (Wildman–Crippen MR) is 77.1 cm³/mol. The Bertz CT molecular complexity index is 564. The molecule has 19 heavy (non-hydrogen) atoms. The van der Waals surface area contributed by atoms with Crippen LogP contribution in [0.3, 0.4) is 0 Å². The number of hydrogen-bond acceptors (Lipinski definition) is 3. The molecule has 0 saturated heterocycles. The average molecular weight is 256 g/mol. The van der Waals surface area contributed by atoms with E-state index in [1.165, 1.54) is 5.56 Å². The van der Waals surface area contributed by atoms with Gasteiger partial charge in [-0.05, 0) is 39.0 Å². The summed E-state index contributed by atoms with van der Waals surface area (Å²) in [5.74, 6) is 0.837. The number of benzene rings is 1. The molecule has 3 nitrogen and oxygen atoms in total. The van der Waals surface area contributed by atoms with Gasteiger partial charge in [0.1, 0.15) is 12.4 Å². The first kappa shape index (κ1) is 13.6. The highest BCUT2D eigenvalue weighted by atomic mass is 16.5. The Hall–Kier alpha value is -1.87. The van der Waals surface area contributed by atoms with Crippen LogP contribution in [0, 0.1) is 13.8 Å². The van der Waals surface area contributed by atoms with Crippen molar-refractivity contribution < 1.29 is 4.74 Å². The molecular formula is C16H20N2O. The molecule has 0 amide bonds. The Morgan fingerprint density at radius 1 is 1.21 bits per heavy atom. The molecule has 0 unspecified atom stereocenters. The molecule has 100 valence electrons. The Morgan fingerprint density at radius 2 is 2.00 bits per heavy atom. The highest BCUT2D eigenvalue weighted by Gasteiger charge is 2.09. The van der Waals surface area contributed by atoms with Crippen molar-refractivity contribution in [3.8, 4) is 5.75 Å². The van der Waals surface area contributed by atoms with Crippen LogP contribution in [0.5, 0.6) is 5.75 Å². The maximum atomic E-state index is 5.98. The molecule has 3 heteroatoms. The van der Waals surface area contributed by atoms with Crippen molar-refractivity contribution >= 4 is 0 Å². The van der Waals surface area contributed by atoms with Crippen LogP contribution in [0.4, 0.5) is 0 Å². The third kappa shape index (κ3) is 3.55. The summed E-state index contributed by atoms with van der Waals surface area (Å²) in [5, 5.41) is 0. The molecule has 0 fully saturated rings. The second kappa shape index (κ2) is 5.85. The van der Waals surface area contributed by atoms with Crippen LogP contribution in [-0.2, 0) is 6.61 Å². The van der Waals surface area contributed by atoms with E-state index in [0.717, 1.165) is 22.7 Å². The number of pyridine rings is 1. The van der Waals surface area contributed by atoms with Crippen LogP contribution >= 0.6 is 0 Å². The molecule has 1 aromatic carbocycles. The largest absolute Gasteiger partial charge is 0.487 e. The Morgan fingerprint density at radius 3 is 2.68 bits per heavy atom. The van der Waals surface area contributed by atoms with Crippen LogP contribution < -0.4 is 10.5 Å². The average Bonchev–Trinajstić information content (AvgIpc) is 2.37. The lowest BCUT2D eigenvalue weighted by molar-refractivity contribution is 0.296. The van der Waals surface area contributed by atoms with Crippen molar-refractivity contribution in [1.29, 1.82) is 0 Å². The minimum Gasteiger partial charge on any atom is -0.487 e. The third-order valence-electron chi connectivity index (χ3n) is 2.98. The summed E-state index contributed by atoms with van der Waals surface area (Å²) in [6, 6.07) is 12.0. The molecule has 0 aliphatic carbocycles. The quantitative estimate of drug-likeness (QED) is 0.913. The SMILES string of the molecule is Cc1ccc(OCc2cccc(C)n2)c([C@H](C)N)c1. The number of hydrogen-bond donors (Lipinski definition) is 1. The van der Waals surface area contributed by atoms with Gasteiger partial charge in [0, 0.05) is 17.3 Å². The summed E-state index contributed by atoms with van der Waals surface area (Å²) < 4.78 is 5.85. The van der Waals surface area contributed by atoms with Gasteiger partial charge in [-0.25, -0.2) is 0 Å². The van der Waals surface area contributed by atoms with Crippen molar-refractivity contribution in [2.45, 2.75) is 33.4 Å². The van der Waals surface area contributed by atoms with Crippen molar-refractivity contribution in [2.24, 2.45) is 5.73 Å². The highest BCUT2D eigenvalue weighted by molar-refractivity contribution is 5.38. The molecule has 2 aromatic rings. The van der Waals surface area contributed by atoms with Crippen LogP contribution in [0.2, 0.25) is 0 Å². The molecule has 0 spiro atoms. The maximum Gasteiger partial charge on any atom is 0.130 e. The zero-order valence-electron chi connectivity index (χ0n) is 11.7. The van der Waals surface area contributed by atoms with Gasteiger partial charge in [0.05, 0.1) is 5.69 Å². The van der Waals surface area contributed by atoms with E-state index >= 15 is 0 Å². The molecule has 0 saturated carbocycles. The first-order valence-electron chi connectivity index (χ1n) is 6.47. The molecule has 2 N–H and O–H groups in total. The van der Waals surface area contributed by atoms with E-state index in [1.54, 1.807) is 0 Å². The van der Waals surface area contributed by atoms with Crippen LogP contribution in [-0.4, -0.2) is 4.98 Å². The van der Waals surface area contributed by atoms with Crippen LogP contribution in [0.15, 0.2) is 36.4 Å². The molecule has 1 aromatic heterocycles. The normalized spacial score (nSPS) is 12.2. The number of ether oxygens (including phenoxy) is 1. The van der Waals surface area contributed by atoms with Gasteiger partial charge in [0.25, 0.3) is 0 Å². The Kier molecular flexibility index (Phi) is 4.17. The smallest absolute Gasteiger partial charge is 0.130 e. The fourth-order valence-corrected chi connectivity index (χ4v) is 1.99. The Balaban J connectivity index is 2.15. The molecule has 1 heterocycles. The molecule has 2 rings (SSSR count). The first-order chi connectivity index (χ1) is 9.06. The van der Waals surface area contributed by atoms with Crippen molar-refractivity contribution in [3.05, 3.63) is 58.9 Å². The molecule has 0 radical (unpaired) electrons. The lowest BCUT2D eigenvalue weighted by Gasteiger charge is -2.14. The summed E-state index contributed by atoms with van der Waals surface area (Å²) >= 11 is 0. The molecule has 0 bridgehead atoms. The molecule has 1 atom stereocenters. The maximum absolute atomic E-state index is 5.98. The highest BCUT2D eigenvalue weighted by Crippen LogP contribution is 2.25. The number of aromatic nitrogens is 1. The van der Waals surface area contributed by atoms with Gasteiger partial charge in [-0.2, -0.15) is 0 Å². The number of nitrogens with zero attached hydrogens (tertiary/aromatic N) is 1. The first-order valence-corrected chi connectivity index (χ1v) is 6.47. The number of aryl methyl sites for hydroxylation is 2. The van der Waals surface area contributed by atoms with Crippen LogP contribution in [0.1, 0.15) is 35.5 Å². The zero-order valence-corrected chi connectivity index (χ0v) is 11.7. The van der Waals surface area contributed by atoms with Gasteiger partial charge < -0.3 is 10.5 Å². The summed E-state index contributed by atoms with van der Waals surface area (Å²) in [6.07, 6.45) is 0. The summed E-state index contributed by atoms with van der Waals surface area (Å²) in [7, 11) is 0. The fourth-order valence-electron chi connectivity index (χ4n) is 1.99. The van der Waals surface area contributed by atoms with Gasteiger partial charge >= 0.3 is 0 Å². The van der Waals surface area contributed by atoms with E-state index < -0.39 is 0 Å². The minimum atomic E-state index is -0.0413. The van der Waals surface area contributed by atoms with E-state index in [1.807, 2.05) is 44.2 Å². The minimum absolute atomic E-state index is 0.0413. The number of nitrogens with two attached hydrogens (primary N) is 1. The second-order valence-electron chi connectivity index (χ2n) is 4.89. The van der Waals surface area contributed by atoms with Crippen LogP contribution in [0.25, 0.3) is 0 Å². The Labute approximate surface area is 114 Å². The topological polar surface area (TPSA) is 48.1 Å². The fraction of sp³-hybridized carbons (Fsp3) is 0.312. The lowest BCUT2D eigenvalue weighted by atomic mass is 10.1. The summed E-state index contributed by atoms with van der Waals surface area (Å²) in [4.78, 5) is 4.42. The van der Waals surface area contributed by atoms with E-state index in [9.17, 15) is 0 Å². The third-order valence-corrected chi connectivity index (χ3v) is 2.98. The van der Waals surface area contributed by atoms with Crippen molar-refractivity contribution in [3.63, 3.8) is 0 Å². The van der Waals surface area contributed by atoms with Crippen molar-refractivity contribution in [1.82, 2.24) is 4.98 Å². The van der Waals surface area contributed by atoms with Gasteiger partial charge in [0.15, 0.2) is 0 Å². The van der Waals surface area contributed by atoms with E-state index in [2.05, 4.69) is 18.0 Å². The van der Waals surface area contributed by atoms with E-state index in [4.69, 9.17) is 10.5 Å². The lowest BCUT2D eigenvalue weighted by Crippen LogP contribution is -2.09. The standard InChI is InChI=1S/C16H20N2O/c1-11-7-8-16(15(9-11)13(3)17)19-10-14-6-4-5-12(2)18-14/h4-9,13H,10,17H2,1-3H3/t13-/m0/s1. The van der Waals surface area contributed by atoms with Gasteiger partial charge in [-0.3, -0.25) is 4.98 Å². The second-order valence-corrected chi connectivity index (χ2v) is 4.89. The van der Waals surface area contributed by atoms with E-state index in [-0.39, 0.29) is 6.04 Å². The number of rotatable bonds is 4. The molecule has 0 aliphatic heterocycles. The molecular weight excluding hydrogens is 236 g/mol. The predicted octanol–water partition coefficient (Wildman–Crippen LogP) is 3.30. The van der Waals surface area contributed by atoms with Gasteiger partial charge in [-0.1, -0.05) is 23.8 Å². The van der Waals surface area contributed by atoms with Crippen molar-refractivity contribution in [2.75, 3.05) is 0 Å². The zero-order chi connectivity index (χ0) is 13.8.